The molecule has 2 aromatic heterocycles. The van der Waals surface area contributed by atoms with Crippen LogP contribution < -0.4 is 10.4 Å². The van der Waals surface area contributed by atoms with Crippen LogP contribution in [0.25, 0.3) is 0 Å². The summed E-state index contributed by atoms with van der Waals surface area (Å²) < 4.78 is 0. The predicted molar refractivity (Wildman–Crippen MR) is 71.4 cm³/mol. The van der Waals surface area contributed by atoms with Crippen LogP contribution >= 0.6 is 0 Å². The molecule has 96 valence electrons. The van der Waals surface area contributed by atoms with Gasteiger partial charge in [-0.3, -0.25) is 9.78 Å². The number of nitrogens with one attached hydrogen (secondary N) is 1. The predicted octanol–water partition coefficient (Wildman–Crippen LogP) is 1.42. The molecule has 2 aromatic rings. The molecular formula is C14H14N4O. The summed E-state index contributed by atoms with van der Waals surface area (Å²) in [5.41, 5.74) is 5.09. The zero-order chi connectivity index (χ0) is 13.2. The largest absolute Gasteiger partial charge is 0.272 e. The average Bonchev–Trinajstić information content (AvgIpc) is 2.81. The van der Waals surface area contributed by atoms with E-state index in [0.717, 1.165) is 11.1 Å². The highest BCUT2D eigenvalue weighted by atomic mass is 16.2. The number of nitrogens with zero attached hydrogens (tertiary/aromatic N) is 3. The van der Waals surface area contributed by atoms with E-state index in [2.05, 4.69) is 15.4 Å². The Hall–Kier alpha value is -2.27. The Kier molecular flexibility index (Phi) is 2.97. The molecule has 1 unspecified atom stereocenters. The van der Waals surface area contributed by atoms with Crippen molar-refractivity contribution in [3.05, 3.63) is 54.0 Å². The lowest BCUT2D eigenvalue weighted by Gasteiger charge is -2.15. The van der Waals surface area contributed by atoms with E-state index in [1.54, 1.807) is 18.6 Å². The van der Waals surface area contributed by atoms with Crippen LogP contribution in [0.2, 0.25) is 0 Å². The lowest BCUT2D eigenvalue weighted by Crippen LogP contribution is -2.35. The van der Waals surface area contributed by atoms with Gasteiger partial charge in [-0.2, -0.15) is 0 Å². The SMILES string of the molecule is Cc1ccnc(N2NCC(c3cccnc3)C2=O)c1. The molecule has 0 aromatic carbocycles. The van der Waals surface area contributed by atoms with Crippen LogP contribution in [0.15, 0.2) is 42.9 Å². The van der Waals surface area contributed by atoms with Gasteiger partial charge in [0.05, 0.1) is 5.92 Å². The molecule has 1 fully saturated rings. The summed E-state index contributed by atoms with van der Waals surface area (Å²) in [6, 6.07) is 7.56. The Morgan fingerprint density at radius 1 is 1.37 bits per heavy atom. The molecule has 0 aliphatic carbocycles. The van der Waals surface area contributed by atoms with Gasteiger partial charge in [0.15, 0.2) is 0 Å². The maximum atomic E-state index is 12.4. The molecule has 3 heterocycles. The highest BCUT2D eigenvalue weighted by molar-refractivity contribution is 5.98. The van der Waals surface area contributed by atoms with E-state index in [1.807, 2.05) is 31.2 Å². The van der Waals surface area contributed by atoms with E-state index in [1.165, 1.54) is 5.01 Å². The third-order valence-corrected chi connectivity index (χ3v) is 3.19. The minimum Gasteiger partial charge on any atom is -0.272 e. The maximum absolute atomic E-state index is 12.4. The van der Waals surface area contributed by atoms with Gasteiger partial charge in [-0.05, 0) is 36.2 Å². The van der Waals surface area contributed by atoms with Gasteiger partial charge in [-0.25, -0.2) is 15.4 Å². The van der Waals surface area contributed by atoms with Crippen molar-refractivity contribution in [1.29, 1.82) is 0 Å². The fourth-order valence-corrected chi connectivity index (χ4v) is 2.18. The highest BCUT2D eigenvalue weighted by Gasteiger charge is 2.34. The lowest BCUT2D eigenvalue weighted by molar-refractivity contribution is -0.118. The smallest absolute Gasteiger partial charge is 0.251 e. The molecule has 1 N–H and O–H groups in total. The molecular weight excluding hydrogens is 240 g/mol. The zero-order valence-electron chi connectivity index (χ0n) is 10.6. The number of pyridine rings is 2. The van der Waals surface area contributed by atoms with E-state index >= 15 is 0 Å². The summed E-state index contributed by atoms with van der Waals surface area (Å²) in [6.45, 7) is 2.55. The molecule has 0 saturated carbocycles. The Morgan fingerprint density at radius 3 is 3.00 bits per heavy atom. The summed E-state index contributed by atoms with van der Waals surface area (Å²) in [5.74, 6) is 0.443. The van der Waals surface area contributed by atoms with Crippen LogP contribution in [0, 0.1) is 6.92 Å². The van der Waals surface area contributed by atoms with Gasteiger partial charge in [-0.1, -0.05) is 6.07 Å². The van der Waals surface area contributed by atoms with E-state index in [-0.39, 0.29) is 11.8 Å². The van der Waals surface area contributed by atoms with Crippen LogP contribution in [0.4, 0.5) is 5.82 Å². The van der Waals surface area contributed by atoms with Gasteiger partial charge in [0, 0.05) is 25.1 Å². The first-order chi connectivity index (χ1) is 9.25. The van der Waals surface area contributed by atoms with Crippen molar-refractivity contribution < 1.29 is 4.79 Å². The zero-order valence-corrected chi connectivity index (χ0v) is 10.6. The number of aryl methyl sites for hydroxylation is 1. The first kappa shape index (κ1) is 11.8. The number of hydrogen-bond donors (Lipinski definition) is 1. The minimum atomic E-state index is -0.198. The van der Waals surface area contributed by atoms with Crippen LogP contribution in [-0.2, 0) is 4.79 Å². The number of rotatable bonds is 2. The second-order valence-corrected chi connectivity index (χ2v) is 4.57. The van der Waals surface area contributed by atoms with Crippen molar-refractivity contribution in [2.75, 3.05) is 11.6 Å². The third-order valence-electron chi connectivity index (χ3n) is 3.19. The van der Waals surface area contributed by atoms with E-state index in [4.69, 9.17) is 0 Å². The van der Waals surface area contributed by atoms with Crippen LogP contribution in [0.1, 0.15) is 17.0 Å². The molecule has 0 spiro atoms. The van der Waals surface area contributed by atoms with Crippen molar-refractivity contribution in [3.63, 3.8) is 0 Å². The van der Waals surface area contributed by atoms with Crippen LogP contribution in [-0.4, -0.2) is 22.4 Å². The van der Waals surface area contributed by atoms with E-state index in [0.29, 0.717) is 12.4 Å². The first-order valence-corrected chi connectivity index (χ1v) is 6.16. The average molecular weight is 254 g/mol. The molecule has 1 saturated heterocycles. The molecule has 5 heteroatoms. The van der Waals surface area contributed by atoms with Crippen molar-refractivity contribution in [2.24, 2.45) is 0 Å². The lowest BCUT2D eigenvalue weighted by atomic mass is 10.0. The van der Waals surface area contributed by atoms with Gasteiger partial charge in [0.2, 0.25) is 0 Å². The van der Waals surface area contributed by atoms with Crippen molar-refractivity contribution in [1.82, 2.24) is 15.4 Å². The highest BCUT2D eigenvalue weighted by Crippen LogP contribution is 2.24. The fraction of sp³-hybridized carbons (Fsp3) is 0.214. The van der Waals surface area contributed by atoms with E-state index in [9.17, 15) is 4.79 Å². The summed E-state index contributed by atoms with van der Waals surface area (Å²) in [6.07, 6.45) is 5.14. The Balaban J connectivity index is 1.87. The molecule has 1 aliphatic heterocycles. The molecule has 1 amide bonds. The quantitative estimate of drug-likeness (QED) is 0.880. The van der Waals surface area contributed by atoms with Gasteiger partial charge in [0.1, 0.15) is 5.82 Å². The van der Waals surface area contributed by atoms with Crippen molar-refractivity contribution in [2.45, 2.75) is 12.8 Å². The Labute approximate surface area is 111 Å². The van der Waals surface area contributed by atoms with Gasteiger partial charge in [-0.15, -0.1) is 0 Å². The number of carbonyl (C=O) groups is 1. The number of amides is 1. The molecule has 0 radical (unpaired) electrons. The second kappa shape index (κ2) is 4.78. The molecule has 5 nitrogen and oxygen atoms in total. The fourth-order valence-electron chi connectivity index (χ4n) is 2.18. The molecule has 19 heavy (non-hydrogen) atoms. The normalized spacial score (nSPS) is 18.9. The monoisotopic (exact) mass is 254 g/mol. The van der Waals surface area contributed by atoms with E-state index < -0.39 is 0 Å². The number of hydrazine groups is 1. The molecule has 3 rings (SSSR count). The summed E-state index contributed by atoms with van der Waals surface area (Å²) >= 11 is 0. The molecule has 0 bridgehead atoms. The molecule has 1 aliphatic rings. The third kappa shape index (κ3) is 2.20. The Morgan fingerprint density at radius 2 is 2.26 bits per heavy atom. The van der Waals surface area contributed by atoms with Crippen LogP contribution in [0.3, 0.4) is 0 Å². The number of hydrogen-bond acceptors (Lipinski definition) is 4. The number of aromatic nitrogens is 2. The Bertz CT molecular complexity index is 599. The topological polar surface area (TPSA) is 58.1 Å². The second-order valence-electron chi connectivity index (χ2n) is 4.57. The van der Waals surface area contributed by atoms with Crippen molar-refractivity contribution in [3.8, 4) is 0 Å². The van der Waals surface area contributed by atoms with Gasteiger partial charge >= 0.3 is 0 Å². The standard InChI is InChI=1S/C14H14N4O/c1-10-4-6-16-13(7-10)18-14(19)12(9-17-18)11-3-2-5-15-8-11/h2-8,12,17H,9H2,1H3. The van der Waals surface area contributed by atoms with Crippen LogP contribution in [0.5, 0.6) is 0 Å². The number of carbonyl (C=O) groups excluding carboxylic acids is 1. The summed E-state index contributed by atoms with van der Waals surface area (Å²) in [5, 5.41) is 1.52. The molecule has 1 atom stereocenters. The minimum absolute atomic E-state index is 0.00565. The first-order valence-electron chi connectivity index (χ1n) is 6.16. The van der Waals surface area contributed by atoms with Gasteiger partial charge < -0.3 is 0 Å². The van der Waals surface area contributed by atoms with Crippen molar-refractivity contribution >= 4 is 11.7 Å². The maximum Gasteiger partial charge on any atom is 0.251 e. The number of anilines is 1. The summed E-state index contributed by atoms with van der Waals surface area (Å²) in [4.78, 5) is 20.7. The van der Waals surface area contributed by atoms with Gasteiger partial charge in [0.25, 0.3) is 5.91 Å². The summed E-state index contributed by atoms with van der Waals surface area (Å²) in [7, 11) is 0.